The summed E-state index contributed by atoms with van der Waals surface area (Å²) < 4.78 is 16.5. The molecule has 0 unspecified atom stereocenters. The van der Waals surface area contributed by atoms with Gasteiger partial charge in [0.1, 0.15) is 12.2 Å². The number of rotatable bonds is 13. The number of hydrogen-bond donors (Lipinski definition) is 5. The number of guanidine groups is 1. The number of aliphatic hydroxyl groups excluding tert-OH is 2. The van der Waals surface area contributed by atoms with Gasteiger partial charge in [-0.25, -0.2) is 14.6 Å². The molecule has 0 fully saturated rings. The molecule has 0 radical (unpaired) electrons. The number of carboxylic acids is 1. The Hall–Kier alpha value is -2.57. The van der Waals surface area contributed by atoms with Crippen LogP contribution in [0, 0.1) is 5.92 Å². The van der Waals surface area contributed by atoms with E-state index in [0.29, 0.717) is 19.8 Å². The van der Waals surface area contributed by atoms with Gasteiger partial charge >= 0.3 is 12.1 Å². The van der Waals surface area contributed by atoms with Gasteiger partial charge in [-0.1, -0.05) is 20.3 Å². The third kappa shape index (κ3) is 8.17. The summed E-state index contributed by atoms with van der Waals surface area (Å²) in [4.78, 5) is 29.7. The molecule has 12 nitrogen and oxygen atoms in total. The third-order valence-electron chi connectivity index (χ3n) is 5.07. The number of unbranched alkanes of at least 4 members (excludes halogenated alkanes) is 1. The number of likely N-dealkylation sites (N-methyl/N-ethyl adjacent to an activating group) is 1. The summed E-state index contributed by atoms with van der Waals surface area (Å²) in [7, 11) is 0. The number of hydrogen-bond acceptors (Lipinski definition) is 8. The highest BCUT2D eigenvalue weighted by atomic mass is 16.6. The molecule has 12 heteroatoms. The van der Waals surface area contributed by atoms with Crippen LogP contribution in [0.25, 0.3) is 0 Å². The van der Waals surface area contributed by atoms with E-state index in [0.717, 1.165) is 12.8 Å². The summed E-state index contributed by atoms with van der Waals surface area (Å²) in [5.74, 6) is -2.68. The van der Waals surface area contributed by atoms with Crippen LogP contribution in [-0.4, -0.2) is 95.5 Å². The Labute approximate surface area is 189 Å². The number of nitrogens with zero attached hydrogens (tertiary/aromatic N) is 2. The lowest BCUT2D eigenvalue weighted by atomic mass is 9.87. The Kier molecular flexibility index (Phi) is 11.8. The van der Waals surface area contributed by atoms with Crippen molar-refractivity contribution >= 4 is 18.0 Å². The number of ether oxygens (including phenoxy) is 3. The maximum absolute atomic E-state index is 12.8. The van der Waals surface area contributed by atoms with Crippen LogP contribution in [0.4, 0.5) is 4.79 Å². The summed E-state index contributed by atoms with van der Waals surface area (Å²) in [5, 5.41) is 29.3. The molecule has 5 atom stereocenters. The second-order valence-electron chi connectivity index (χ2n) is 7.47. The molecule has 7 N–H and O–H groups in total. The van der Waals surface area contributed by atoms with E-state index in [4.69, 9.17) is 25.7 Å². The standard InChI is InChI=1S/C20H36N4O8.H2/c1-4-6-8-30-9-7-24(5-2)20(29)32-17(14(26)11-25)16-12(3)13(23-19(21)22)10-15(31-16)18(27)28;/h10,12-14,16-17,25-26H,4-9,11H2,1-3H3,(H,27,28)(H4,21,22,23);1H/t12-,13+,14-,16-,17-;/m1./s1/i;1+2. The van der Waals surface area contributed by atoms with Gasteiger partial charge in [0, 0.05) is 27.0 Å². The highest BCUT2D eigenvalue weighted by molar-refractivity contribution is 5.85. The highest BCUT2D eigenvalue weighted by Crippen LogP contribution is 2.30. The van der Waals surface area contributed by atoms with Crippen molar-refractivity contribution in [2.75, 3.05) is 32.9 Å². The first-order chi connectivity index (χ1) is 15.2. The number of aliphatic hydroxyl groups is 2. The molecule has 0 aromatic carbocycles. The largest absolute Gasteiger partial charge is 0.479 e. The van der Waals surface area contributed by atoms with Gasteiger partial charge in [-0.3, -0.25) is 0 Å². The molecule has 1 heterocycles. The topological polar surface area (TPSA) is 190 Å². The number of carboxylic acid groups (broad SMARTS) is 1. The van der Waals surface area contributed by atoms with Crippen LogP contribution in [-0.2, 0) is 19.0 Å². The Balaban J connectivity index is 0.0000102. The van der Waals surface area contributed by atoms with E-state index in [9.17, 15) is 24.9 Å². The molecule has 1 amide bonds. The molecule has 0 bridgehead atoms. The van der Waals surface area contributed by atoms with Crippen LogP contribution in [0.5, 0.6) is 0 Å². The average Bonchev–Trinajstić information content (AvgIpc) is 2.75. The number of aliphatic imine (C=N–C) groups is 1. The fourth-order valence-corrected chi connectivity index (χ4v) is 3.17. The Morgan fingerprint density at radius 2 is 2.03 bits per heavy atom. The molecule has 1 rings (SSSR count). The molecule has 0 aromatic heterocycles. The van der Waals surface area contributed by atoms with Crippen molar-refractivity contribution < 1.29 is 40.5 Å². The monoisotopic (exact) mass is 464 g/mol. The third-order valence-corrected chi connectivity index (χ3v) is 5.07. The molecule has 0 saturated heterocycles. The minimum absolute atomic E-state index is 0. The first-order valence-electron chi connectivity index (χ1n) is 10.7. The lowest BCUT2D eigenvalue weighted by molar-refractivity contribution is -0.147. The van der Waals surface area contributed by atoms with Gasteiger partial charge in [-0.2, -0.15) is 0 Å². The smallest absolute Gasteiger partial charge is 0.410 e. The molecular formula is C20H38N4O8. The van der Waals surface area contributed by atoms with Crippen LogP contribution in [0.1, 0.15) is 35.0 Å². The molecular weight excluding hydrogens is 424 g/mol. The average molecular weight is 465 g/mol. The van der Waals surface area contributed by atoms with Crippen molar-refractivity contribution in [2.24, 2.45) is 22.4 Å². The zero-order valence-corrected chi connectivity index (χ0v) is 18.8. The number of amides is 1. The van der Waals surface area contributed by atoms with Crippen molar-refractivity contribution in [1.29, 1.82) is 0 Å². The number of carbonyl (C=O) groups excluding carboxylic acids is 1. The fourth-order valence-electron chi connectivity index (χ4n) is 3.17. The summed E-state index contributed by atoms with van der Waals surface area (Å²) in [5.41, 5.74) is 10.9. The normalized spacial score (nSPS) is 22.2. The second kappa shape index (κ2) is 13.8. The Morgan fingerprint density at radius 3 is 2.56 bits per heavy atom. The first-order valence-corrected chi connectivity index (χ1v) is 10.7. The van der Waals surface area contributed by atoms with Crippen molar-refractivity contribution in [1.82, 2.24) is 4.90 Å². The van der Waals surface area contributed by atoms with E-state index < -0.39 is 54.7 Å². The quantitative estimate of drug-likeness (QED) is 0.139. The van der Waals surface area contributed by atoms with Gasteiger partial charge in [0.2, 0.25) is 5.76 Å². The van der Waals surface area contributed by atoms with Crippen molar-refractivity contribution in [2.45, 2.75) is 58.0 Å². The van der Waals surface area contributed by atoms with Crippen LogP contribution < -0.4 is 11.5 Å². The number of carbonyl (C=O) groups is 2. The summed E-state index contributed by atoms with van der Waals surface area (Å²) >= 11 is 0. The molecule has 0 spiro atoms. The Morgan fingerprint density at radius 1 is 1.34 bits per heavy atom. The molecule has 0 aliphatic carbocycles. The maximum atomic E-state index is 12.8. The lowest BCUT2D eigenvalue weighted by Crippen LogP contribution is -2.53. The SMILES string of the molecule is CCCCOCCN(CC)C(=O)O[C@@H]([C@@H]1OC(C(=O)O)=C[C@H](N=C(N)N)[C@H]1C)[C@H](O)CO.[3HH]. The molecule has 0 saturated carbocycles. The van der Waals surface area contributed by atoms with E-state index in [2.05, 4.69) is 4.99 Å². The van der Waals surface area contributed by atoms with E-state index in [1.807, 2.05) is 6.92 Å². The van der Waals surface area contributed by atoms with Crippen LogP contribution in [0.2, 0.25) is 0 Å². The van der Waals surface area contributed by atoms with Gasteiger partial charge < -0.3 is 45.9 Å². The summed E-state index contributed by atoms with van der Waals surface area (Å²) in [6.45, 7) is 6.18. The van der Waals surface area contributed by atoms with Gasteiger partial charge in [-0.05, 0) is 19.4 Å². The molecule has 1 aliphatic rings. The highest BCUT2D eigenvalue weighted by Gasteiger charge is 2.44. The molecule has 186 valence electrons. The minimum Gasteiger partial charge on any atom is -0.479 e. The fraction of sp³-hybridized carbons (Fsp3) is 0.750. The predicted octanol–water partition coefficient (Wildman–Crippen LogP) is -0.125. The molecule has 1 aliphatic heterocycles. The number of nitrogens with two attached hydrogens (primary N) is 2. The maximum Gasteiger partial charge on any atom is 0.410 e. The minimum atomic E-state index is -1.53. The van der Waals surface area contributed by atoms with E-state index in [1.54, 1.807) is 13.8 Å². The van der Waals surface area contributed by atoms with Crippen molar-refractivity contribution in [3.8, 4) is 0 Å². The van der Waals surface area contributed by atoms with Gasteiger partial charge in [-0.15, -0.1) is 0 Å². The van der Waals surface area contributed by atoms with E-state index in [-0.39, 0.29) is 13.9 Å². The van der Waals surface area contributed by atoms with Crippen LogP contribution in [0.3, 0.4) is 0 Å². The van der Waals surface area contributed by atoms with Crippen molar-refractivity contribution in [3.05, 3.63) is 11.8 Å². The Bertz CT molecular complexity index is 674. The molecule has 32 heavy (non-hydrogen) atoms. The zero-order chi connectivity index (χ0) is 24.3. The van der Waals surface area contributed by atoms with E-state index in [1.165, 1.54) is 11.0 Å². The summed E-state index contributed by atoms with van der Waals surface area (Å²) in [6, 6.07) is -0.800. The zero-order valence-electron chi connectivity index (χ0n) is 18.8. The van der Waals surface area contributed by atoms with Gasteiger partial charge in [0.25, 0.3) is 0 Å². The number of aliphatic carboxylic acids is 1. The van der Waals surface area contributed by atoms with Gasteiger partial charge in [0.15, 0.2) is 12.1 Å². The lowest BCUT2D eigenvalue weighted by Gasteiger charge is -2.39. The predicted molar refractivity (Wildman–Crippen MR) is 118 cm³/mol. The first kappa shape index (κ1) is 27.5. The molecule has 0 aromatic rings. The van der Waals surface area contributed by atoms with Crippen molar-refractivity contribution in [3.63, 3.8) is 0 Å². The van der Waals surface area contributed by atoms with Crippen LogP contribution in [0.15, 0.2) is 16.8 Å². The van der Waals surface area contributed by atoms with Crippen LogP contribution >= 0.6 is 0 Å². The van der Waals surface area contributed by atoms with Gasteiger partial charge in [0.05, 0.1) is 19.3 Å². The second-order valence-corrected chi connectivity index (χ2v) is 7.47. The van der Waals surface area contributed by atoms with E-state index >= 15 is 0 Å². The summed E-state index contributed by atoms with van der Waals surface area (Å²) in [6.07, 6.45) is -1.66.